The number of hydrogen-bond donors (Lipinski definition) is 1. The van der Waals surface area contributed by atoms with Gasteiger partial charge in [-0.1, -0.05) is 6.92 Å². The lowest BCUT2D eigenvalue weighted by Crippen LogP contribution is -2.16. The van der Waals surface area contributed by atoms with E-state index in [1.807, 2.05) is 6.92 Å². The van der Waals surface area contributed by atoms with Crippen molar-refractivity contribution >= 4 is 0 Å². The van der Waals surface area contributed by atoms with Crippen LogP contribution >= 0.6 is 0 Å². The Labute approximate surface area is 68.3 Å². The van der Waals surface area contributed by atoms with Crippen LogP contribution < -0.4 is 0 Å². The Morgan fingerprint density at radius 2 is 1.45 bits per heavy atom. The highest BCUT2D eigenvalue weighted by Gasteiger charge is 1.94. The summed E-state index contributed by atoms with van der Waals surface area (Å²) in [6.07, 6.45) is 0.745. The molecule has 1 saturated heterocycles. The van der Waals surface area contributed by atoms with Gasteiger partial charge in [0.05, 0.1) is 32.5 Å². The molecular weight excluding hydrogens is 144 g/mol. The highest BCUT2D eigenvalue weighted by atomic mass is 16.6. The van der Waals surface area contributed by atoms with Gasteiger partial charge in [-0.25, -0.2) is 0 Å². The Balaban J connectivity index is 0.000000187. The topological polar surface area (TPSA) is 38.7 Å². The molecule has 11 heavy (non-hydrogen) atoms. The minimum Gasteiger partial charge on any atom is -0.393 e. The predicted octanol–water partition coefficient (Wildman–Crippen LogP) is 0.810. The molecule has 1 heterocycles. The monoisotopic (exact) mass is 162 g/mol. The van der Waals surface area contributed by atoms with Crippen LogP contribution in [-0.2, 0) is 9.47 Å². The van der Waals surface area contributed by atoms with Crippen LogP contribution in [0, 0.1) is 0 Å². The maximum atomic E-state index is 8.36. The molecule has 0 aromatic carbocycles. The van der Waals surface area contributed by atoms with Gasteiger partial charge in [-0.15, -0.1) is 0 Å². The Hall–Kier alpha value is -0.120. The maximum absolute atomic E-state index is 8.36. The van der Waals surface area contributed by atoms with Gasteiger partial charge in [0, 0.05) is 0 Å². The molecule has 68 valence electrons. The third-order valence-electron chi connectivity index (χ3n) is 1.33. The van der Waals surface area contributed by atoms with Gasteiger partial charge in [0.25, 0.3) is 0 Å². The van der Waals surface area contributed by atoms with Crippen molar-refractivity contribution in [3.63, 3.8) is 0 Å². The van der Waals surface area contributed by atoms with E-state index in [9.17, 15) is 0 Å². The number of hydrogen-bond acceptors (Lipinski definition) is 3. The fourth-order valence-electron chi connectivity index (χ4n) is 0.440. The van der Waals surface area contributed by atoms with Crippen molar-refractivity contribution in [2.75, 3.05) is 26.4 Å². The summed E-state index contributed by atoms with van der Waals surface area (Å²) in [5.74, 6) is 0. The van der Waals surface area contributed by atoms with E-state index in [4.69, 9.17) is 14.6 Å². The Morgan fingerprint density at radius 1 is 1.18 bits per heavy atom. The minimum absolute atomic E-state index is 0.116. The first kappa shape index (κ1) is 10.9. The molecule has 0 radical (unpaired) electrons. The van der Waals surface area contributed by atoms with E-state index in [1.165, 1.54) is 0 Å². The first-order valence-corrected chi connectivity index (χ1v) is 4.11. The van der Waals surface area contributed by atoms with Crippen LogP contribution in [-0.4, -0.2) is 37.6 Å². The molecule has 3 heteroatoms. The fraction of sp³-hybridized carbons (Fsp3) is 1.00. The second-order valence-electron chi connectivity index (χ2n) is 2.48. The van der Waals surface area contributed by atoms with E-state index in [0.29, 0.717) is 0 Å². The lowest BCUT2D eigenvalue weighted by Gasteiger charge is -2.09. The summed E-state index contributed by atoms with van der Waals surface area (Å²) in [4.78, 5) is 0. The largest absolute Gasteiger partial charge is 0.393 e. The molecule has 1 fully saturated rings. The van der Waals surface area contributed by atoms with Gasteiger partial charge in [-0.05, 0) is 13.3 Å². The first-order valence-electron chi connectivity index (χ1n) is 4.11. The fourth-order valence-corrected chi connectivity index (χ4v) is 0.440. The van der Waals surface area contributed by atoms with Gasteiger partial charge in [0.2, 0.25) is 0 Å². The SMILES string of the molecule is C1COCCO1.CCC(C)O. The second kappa shape index (κ2) is 7.98. The number of ether oxygens (including phenoxy) is 2. The average Bonchev–Trinajstić information content (AvgIpc) is 2.09. The summed E-state index contributed by atoms with van der Waals surface area (Å²) < 4.78 is 9.89. The van der Waals surface area contributed by atoms with Crippen LogP contribution in [0.5, 0.6) is 0 Å². The molecule has 1 atom stereocenters. The van der Waals surface area contributed by atoms with Crippen LogP contribution in [0.25, 0.3) is 0 Å². The molecule has 0 aromatic rings. The average molecular weight is 162 g/mol. The van der Waals surface area contributed by atoms with Crippen LogP contribution in [0.15, 0.2) is 0 Å². The molecule has 3 nitrogen and oxygen atoms in total. The van der Waals surface area contributed by atoms with E-state index >= 15 is 0 Å². The summed E-state index contributed by atoms with van der Waals surface area (Å²) >= 11 is 0. The molecule has 0 spiro atoms. The third kappa shape index (κ3) is 9.88. The van der Waals surface area contributed by atoms with Crippen molar-refractivity contribution in [2.45, 2.75) is 26.4 Å². The van der Waals surface area contributed by atoms with Gasteiger partial charge in [-0.3, -0.25) is 0 Å². The molecule has 0 aliphatic carbocycles. The molecule has 1 aliphatic rings. The predicted molar refractivity (Wildman–Crippen MR) is 43.6 cm³/mol. The zero-order chi connectivity index (χ0) is 8.53. The van der Waals surface area contributed by atoms with Crippen molar-refractivity contribution < 1.29 is 14.6 Å². The number of aliphatic hydroxyl groups is 1. The summed E-state index contributed by atoms with van der Waals surface area (Å²) in [7, 11) is 0. The second-order valence-corrected chi connectivity index (χ2v) is 2.48. The van der Waals surface area contributed by atoms with E-state index in [1.54, 1.807) is 6.92 Å². The zero-order valence-electron chi connectivity index (χ0n) is 7.38. The summed E-state index contributed by atoms with van der Waals surface area (Å²) in [6, 6.07) is 0. The molecule has 1 unspecified atom stereocenters. The van der Waals surface area contributed by atoms with Gasteiger partial charge in [0.1, 0.15) is 0 Å². The molecule has 1 rings (SSSR count). The lowest BCUT2D eigenvalue weighted by molar-refractivity contribution is -0.0334. The number of aliphatic hydroxyl groups excluding tert-OH is 1. The Morgan fingerprint density at radius 3 is 1.55 bits per heavy atom. The molecule has 1 N–H and O–H groups in total. The van der Waals surface area contributed by atoms with Crippen LogP contribution in [0.1, 0.15) is 20.3 Å². The molecule has 0 amide bonds. The smallest absolute Gasteiger partial charge is 0.0701 e. The molecule has 0 saturated carbocycles. The normalized spacial score (nSPS) is 19.9. The standard InChI is InChI=1S/C4H8O2.C4H10O/c1-2-6-4-3-5-1;1-3-4(2)5/h1-4H2;4-5H,3H2,1-2H3. The lowest BCUT2D eigenvalue weighted by atomic mass is 10.3. The molecule has 0 bridgehead atoms. The quantitative estimate of drug-likeness (QED) is 0.620. The zero-order valence-corrected chi connectivity index (χ0v) is 7.38. The molecule has 0 aromatic heterocycles. The van der Waals surface area contributed by atoms with E-state index in [-0.39, 0.29) is 6.10 Å². The molecule has 1 aliphatic heterocycles. The highest BCUT2D eigenvalue weighted by Crippen LogP contribution is 1.85. The summed E-state index contributed by atoms with van der Waals surface area (Å²) in [5.41, 5.74) is 0. The minimum atomic E-state index is -0.116. The van der Waals surface area contributed by atoms with Gasteiger partial charge >= 0.3 is 0 Å². The van der Waals surface area contributed by atoms with E-state index < -0.39 is 0 Å². The van der Waals surface area contributed by atoms with Crippen LogP contribution in [0.4, 0.5) is 0 Å². The Kier molecular flexibility index (Phi) is 7.89. The van der Waals surface area contributed by atoms with Crippen LogP contribution in [0.3, 0.4) is 0 Å². The Bertz CT molecular complexity index is 58.2. The van der Waals surface area contributed by atoms with Crippen molar-refractivity contribution in [1.29, 1.82) is 0 Å². The van der Waals surface area contributed by atoms with E-state index in [0.717, 1.165) is 32.8 Å². The highest BCUT2D eigenvalue weighted by molar-refractivity contribution is 4.37. The maximum Gasteiger partial charge on any atom is 0.0701 e. The van der Waals surface area contributed by atoms with Gasteiger partial charge in [-0.2, -0.15) is 0 Å². The first-order chi connectivity index (χ1) is 5.27. The van der Waals surface area contributed by atoms with Crippen molar-refractivity contribution in [2.24, 2.45) is 0 Å². The van der Waals surface area contributed by atoms with Crippen molar-refractivity contribution in [3.8, 4) is 0 Å². The molecular formula is C8H18O3. The van der Waals surface area contributed by atoms with Crippen molar-refractivity contribution in [3.05, 3.63) is 0 Å². The van der Waals surface area contributed by atoms with Gasteiger partial charge in [0.15, 0.2) is 0 Å². The van der Waals surface area contributed by atoms with Crippen LogP contribution in [0.2, 0.25) is 0 Å². The van der Waals surface area contributed by atoms with E-state index in [2.05, 4.69) is 0 Å². The third-order valence-corrected chi connectivity index (χ3v) is 1.33. The number of rotatable bonds is 1. The van der Waals surface area contributed by atoms with Gasteiger partial charge < -0.3 is 14.6 Å². The van der Waals surface area contributed by atoms with Crippen molar-refractivity contribution in [1.82, 2.24) is 0 Å². The summed E-state index contributed by atoms with van der Waals surface area (Å²) in [5, 5.41) is 8.36. The summed E-state index contributed by atoms with van der Waals surface area (Å²) in [6.45, 7) is 6.84.